The topological polar surface area (TPSA) is 144 Å². The zero-order valence-electron chi connectivity index (χ0n) is 10.8. The number of aliphatic hydroxyl groups is 1. The molecule has 10 heteroatoms. The van der Waals surface area contributed by atoms with Gasteiger partial charge in [0, 0.05) is 17.7 Å². The van der Waals surface area contributed by atoms with Gasteiger partial charge in [0.05, 0.1) is 11.0 Å². The van der Waals surface area contributed by atoms with Gasteiger partial charge in [-0.1, -0.05) is 0 Å². The number of nitro groups is 1. The van der Waals surface area contributed by atoms with Crippen molar-refractivity contribution < 1.29 is 19.9 Å². The zero-order valence-corrected chi connectivity index (χ0v) is 10.8. The van der Waals surface area contributed by atoms with Crippen LogP contribution in [0, 0.1) is 10.1 Å². The summed E-state index contributed by atoms with van der Waals surface area (Å²) in [6.07, 6.45) is -1.22. The highest BCUT2D eigenvalue weighted by atomic mass is 16.6. The summed E-state index contributed by atoms with van der Waals surface area (Å²) in [7, 11) is 0. The van der Waals surface area contributed by atoms with Crippen molar-refractivity contribution in [2.45, 2.75) is 19.1 Å². The van der Waals surface area contributed by atoms with Crippen molar-refractivity contribution in [1.29, 1.82) is 0 Å². The second-order valence-electron chi connectivity index (χ2n) is 4.27. The van der Waals surface area contributed by atoms with Crippen molar-refractivity contribution in [2.75, 3.05) is 0 Å². The lowest BCUT2D eigenvalue weighted by molar-refractivity contribution is -0.384. The zero-order chi connectivity index (χ0) is 15.6. The number of carbonyl (C=O) groups is 1. The summed E-state index contributed by atoms with van der Waals surface area (Å²) in [6, 6.07) is 3.96. The maximum Gasteiger partial charge on any atom is 0.331 e. The van der Waals surface area contributed by atoms with Gasteiger partial charge in [-0.15, -0.1) is 5.10 Å². The molecule has 0 spiro atoms. The number of hydrogen-bond donors (Lipinski definition) is 2. The molecule has 0 saturated heterocycles. The number of aliphatic hydroxyl groups excluding tert-OH is 1. The fourth-order valence-corrected chi connectivity index (χ4v) is 1.82. The Balaban J connectivity index is 2.44. The van der Waals surface area contributed by atoms with Gasteiger partial charge in [0.25, 0.3) is 5.69 Å². The van der Waals surface area contributed by atoms with Crippen molar-refractivity contribution in [3.05, 3.63) is 34.4 Å². The molecule has 0 saturated carbocycles. The number of hydrogen-bond acceptors (Lipinski definition) is 7. The van der Waals surface area contributed by atoms with Crippen LogP contribution in [0.25, 0.3) is 11.4 Å². The number of carboxylic acid groups (broad SMARTS) is 1. The standard InChI is InChI=1S/C11H11N5O5/c1-6(17)9(11(18)19)15-10(12-13-14-15)7-2-4-8(5-3-7)16(20)21/h2-6,9,17H,1H3,(H,18,19). The summed E-state index contributed by atoms with van der Waals surface area (Å²) in [4.78, 5) is 21.2. The molecule has 1 aromatic heterocycles. The molecule has 0 aliphatic carbocycles. The van der Waals surface area contributed by atoms with E-state index in [0.717, 1.165) is 4.68 Å². The summed E-state index contributed by atoms with van der Waals surface area (Å²) in [5, 5.41) is 40.0. The van der Waals surface area contributed by atoms with Crippen LogP contribution in [-0.2, 0) is 4.79 Å². The molecule has 0 bridgehead atoms. The van der Waals surface area contributed by atoms with Crippen LogP contribution < -0.4 is 0 Å². The van der Waals surface area contributed by atoms with Crippen LogP contribution in [-0.4, -0.2) is 47.4 Å². The van der Waals surface area contributed by atoms with Crippen LogP contribution in [0.3, 0.4) is 0 Å². The van der Waals surface area contributed by atoms with E-state index >= 15 is 0 Å². The van der Waals surface area contributed by atoms with Gasteiger partial charge in [0.1, 0.15) is 0 Å². The van der Waals surface area contributed by atoms with Gasteiger partial charge >= 0.3 is 5.97 Å². The van der Waals surface area contributed by atoms with Gasteiger partial charge in [0.2, 0.25) is 0 Å². The molecule has 1 aromatic carbocycles. The molecule has 10 nitrogen and oxygen atoms in total. The minimum absolute atomic E-state index is 0.0956. The Morgan fingerprint density at radius 1 is 1.38 bits per heavy atom. The lowest BCUT2D eigenvalue weighted by Crippen LogP contribution is -2.30. The molecule has 0 aliphatic heterocycles. The molecule has 0 fully saturated rings. The van der Waals surface area contributed by atoms with Crippen LogP contribution in [0.5, 0.6) is 0 Å². The van der Waals surface area contributed by atoms with E-state index in [9.17, 15) is 20.0 Å². The Bertz CT molecular complexity index is 666. The lowest BCUT2D eigenvalue weighted by atomic mass is 10.1. The third-order valence-electron chi connectivity index (χ3n) is 2.80. The van der Waals surface area contributed by atoms with Crippen molar-refractivity contribution in [2.24, 2.45) is 0 Å². The maximum absolute atomic E-state index is 11.2. The number of benzene rings is 1. The SMILES string of the molecule is CC(O)C(C(=O)O)n1nnnc1-c1ccc([N+](=O)[O-])cc1. The second-order valence-corrected chi connectivity index (χ2v) is 4.27. The average Bonchev–Trinajstić information content (AvgIpc) is 2.87. The van der Waals surface area contributed by atoms with Crippen LogP contribution in [0.1, 0.15) is 13.0 Å². The van der Waals surface area contributed by atoms with E-state index in [1.54, 1.807) is 0 Å². The number of aromatic nitrogens is 4. The van der Waals surface area contributed by atoms with Crippen molar-refractivity contribution in [3.63, 3.8) is 0 Å². The predicted octanol–water partition coefficient (Wildman–Crippen LogP) is 0.255. The van der Waals surface area contributed by atoms with E-state index in [2.05, 4.69) is 15.5 Å². The molecule has 2 aromatic rings. The first-order valence-electron chi connectivity index (χ1n) is 5.85. The van der Waals surface area contributed by atoms with Gasteiger partial charge in [-0.05, 0) is 29.5 Å². The summed E-state index contributed by atoms with van der Waals surface area (Å²) in [5.41, 5.74) is 0.292. The Kier molecular flexibility index (Phi) is 3.89. The third kappa shape index (κ3) is 2.84. The number of tetrazole rings is 1. The van der Waals surface area contributed by atoms with Gasteiger partial charge in [-0.25, -0.2) is 9.48 Å². The van der Waals surface area contributed by atoms with Crippen LogP contribution in [0.2, 0.25) is 0 Å². The molecule has 2 N–H and O–H groups in total. The minimum atomic E-state index is -1.36. The predicted molar refractivity (Wildman–Crippen MR) is 68.3 cm³/mol. The Labute approximate surface area is 117 Å². The first kappa shape index (κ1) is 14.5. The second kappa shape index (κ2) is 5.63. The molecule has 2 unspecified atom stereocenters. The monoisotopic (exact) mass is 293 g/mol. The van der Waals surface area contributed by atoms with E-state index in [1.165, 1.54) is 31.2 Å². The summed E-state index contributed by atoms with van der Waals surface area (Å²) in [6.45, 7) is 1.31. The number of rotatable bonds is 5. The van der Waals surface area contributed by atoms with Crippen LogP contribution >= 0.6 is 0 Å². The largest absolute Gasteiger partial charge is 0.480 e. The molecular formula is C11H11N5O5. The van der Waals surface area contributed by atoms with Gasteiger partial charge < -0.3 is 10.2 Å². The minimum Gasteiger partial charge on any atom is -0.480 e. The molecule has 1 heterocycles. The smallest absolute Gasteiger partial charge is 0.331 e. The van der Waals surface area contributed by atoms with E-state index in [1.807, 2.05) is 0 Å². The van der Waals surface area contributed by atoms with Crippen molar-refractivity contribution in [3.8, 4) is 11.4 Å². The van der Waals surface area contributed by atoms with Gasteiger partial charge in [-0.3, -0.25) is 10.1 Å². The van der Waals surface area contributed by atoms with Gasteiger partial charge in [0.15, 0.2) is 11.9 Å². The van der Waals surface area contributed by atoms with Crippen molar-refractivity contribution >= 4 is 11.7 Å². The Hall–Kier alpha value is -2.88. The number of nitrogens with zero attached hydrogens (tertiary/aromatic N) is 5. The molecule has 21 heavy (non-hydrogen) atoms. The molecule has 2 atom stereocenters. The fraction of sp³-hybridized carbons (Fsp3) is 0.273. The number of aliphatic carboxylic acids is 1. The Morgan fingerprint density at radius 3 is 2.48 bits per heavy atom. The van der Waals surface area contributed by atoms with Crippen molar-refractivity contribution in [1.82, 2.24) is 20.2 Å². The fourth-order valence-electron chi connectivity index (χ4n) is 1.82. The van der Waals surface area contributed by atoms with Gasteiger partial charge in [-0.2, -0.15) is 0 Å². The Morgan fingerprint density at radius 2 is 2.00 bits per heavy atom. The molecule has 0 amide bonds. The normalized spacial score (nSPS) is 13.6. The molecule has 0 radical (unpaired) electrons. The lowest BCUT2D eigenvalue weighted by Gasteiger charge is -2.16. The summed E-state index contributed by atoms with van der Waals surface area (Å²) < 4.78 is 0.966. The highest BCUT2D eigenvalue weighted by molar-refractivity contribution is 5.73. The van der Waals surface area contributed by atoms with E-state index in [0.29, 0.717) is 5.56 Å². The highest BCUT2D eigenvalue weighted by Crippen LogP contribution is 2.23. The third-order valence-corrected chi connectivity index (χ3v) is 2.80. The first-order chi connectivity index (χ1) is 9.91. The highest BCUT2D eigenvalue weighted by Gasteiger charge is 2.29. The average molecular weight is 293 g/mol. The maximum atomic E-state index is 11.2. The molecule has 0 aliphatic rings. The van der Waals surface area contributed by atoms with E-state index in [4.69, 9.17) is 5.11 Å². The number of nitro benzene ring substituents is 1. The molecule has 2 rings (SSSR count). The van der Waals surface area contributed by atoms with Crippen LogP contribution in [0.15, 0.2) is 24.3 Å². The molecular weight excluding hydrogens is 282 g/mol. The quantitative estimate of drug-likeness (QED) is 0.589. The molecule has 110 valence electrons. The summed E-state index contributed by atoms with van der Waals surface area (Å²) in [5.74, 6) is -1.20. The number of non-ortho nitro benzene ring substituents is 1. The number of carboxylic acids is 1. The first-order valence-corrected chi connectivity index (χ1v) is 5.85. The summed E-state index contributed by atoms with van der Waals surface area (Å²) >= 11 is 0. The van der Waals surface area contributed by atoms with Crippen LogP contribution in [0.4, 0.5) is 5.69 Å². The van der Waals surface area contributed by atoms with E-state index < -0.39 is 23.0 Å². The van der Waals surface area contributed by atoms with E-state index in [-0.39, 0.29) is 11.5 Å².